The zero-order valence-electron chi connectivity index (χ0n) is 14.4. The van der Waals surface area contributed by atoms with Crippen LogP contribution in [0.5, 0.6) is 0 Å². The number of nitrogens with one attached hydrogen (secondary N) is 1. The van der Waals surface area contributed by atoms with Gasteiger partial charge in [0.25, 0.3) is 0 Å². The molecule has 0 saturated carbocycles. The predicted molar refractivity (Wildman–Crippen MR) is 97.8 cm³/mol. The van der Waals surface area contributed by atoms with Gasteiger partial charge in [-0.1, -0.05) is 18.2 Å². The van der Waals surface area contributed by atoms with Crippen molar-refractivity contribution in [2.75, 3.05) is 12.5 Å². The first kappa shape index (κ1) is 20.6. The van der Waals surface area contributed by atoms with Crippen LogP contribution in [-0.2, 0) is 29.7 Å². The van der Waals surface area contributed by atoms with E-state index in [2.05, 4.69) is 4.72 Å². The second-order valence-electron chi connectivity index (χ2n) is 5.93. The van der Waals surface area contributed by atoms with Gasteiger partial charge in [-0.25, -0.2) is 30.0 Å². The number of hydrogen-bond acceptors (Lipinski definition) is 6. The third-order valence-electron chi connectivity index (χ3n) is 3.68. The molecule has 1 N–H and O–H groups in total. The van der Waals surface area contributed by atoms with E-state index in [1.54, 1.807) is 6.92 Å². The Morgan fingerprint density at radius 1 is 0.731 bits per heavy atom. The Balaban J connectivity index is 2.29. The van der Waals surface area contributed by atoms with Crippen molar-refractivity contribution in [1.29, 1.82) is 0 Å². The molecule has 0 amide bonds. The van der Waals surface area contributed by atoms with Crippen LogP contribution < -0.4 is 4.72 Å². The van der Waals surface area contributed by atoms with Crippen LogP contribution >= 0.6 is 0 Å². The monoisotopic (exact) mass is 417 g/mol. The van der Waals surface area contributed by atoms with E-state index in [-0.39, 0.29) is 14.7 Å². The highest BCUT2D eigenvalue weighted by molar-refractivity contribution is 7.91. The first-order chi connectivity index (χ1) is 11.8. The fourth-order valence-electron chi connectivity index (χ4n) is 2.24. The van der Waals surface area contributed by atoms with Crippen LogP contribution in [0.4, 0.5) is 0 Å². The van der Waals surface area contributed by atoms with Crippen molar-refractivity contribution >= 4 is 29.7 Å². The lowest BCUT2D eigenvalue weighted by Gasteiger charge is -2.15. The molecule has 1 atom stereocenters. The Morgan fingerprint density at radius 2 is 1.23 bits per heavy atom. The molecule has 0 saturated heterocycles. The Bertz CT molecular complexity index is 1120. The van der Waals surface area contributed by atoms with Gasteiger partial charge in [-0.2, -0.15) is 0 Å². The molecule has 0 radical (unpaired) electrons. The molecule has 142 valence electrons. The summed E-state index contributed by atoms with van der Waals surface area (Å²) in [6.07, 6.45) is 2.08. The number of rotatable bonds is 6. The minimum Gasteiger partial charge on any atom is -0.224 e. The smallest absolute Gasteiger partial charge is 0.224 e. The van der Waals surface area contributed by atoms with Crippen LogP contribution in [0.2, 0.25) is 0 Å². The van der Waals surface area contributed by atoms with Crippen LogP contribution in [0.1, 0.15) is 18.5 Å². The molecule has 0 spiro atoms. The highest BCUT2D eigenvalue weighted by atomic mass is 32.2. The first-order valence-electron chi connectivity index (χ1n) is 7.43. The summed E-state index contributed by atoms with van der Waals surface area (Å²) in [4.78, 5) is -0.122. The zero-order valence-corrected chi connectivity index (χ0v) is 16.8. The van der Waals surface area contributed by atoms with Crippen LogP contribution in [0.3, 0.4) is 0 Å². The third kappa shape index (κ3) is 4.91. The SMILES string of the molecule is C[C@H](NS(=O)(=O)c1cccc(S(C)(=O)=O)c1)c1ccc(S(C)(=O)=O)cc1. The zero-order chi connectivity index (χ0) is 19.8. The molecule has 2 rings (SSSR count). The molecule has 0 heterocycles. The van der Waals surface area contributed by atoms with Crippen LogP contribution in [-0.4, -0.2) is 37.8 Å². The van der Waals surface area contributed by atoms with E-state index in [9.17, 15) is 25.3 Å². The van der Waals surface area contributed by atoms with Crippen molar-refractivity contribution in [3.8, 4) is 0 Å². The molecular formula is C16H19NO6S3. The second kappa shape index (κ2) is 7.10. The van der Waals surface area contributed by atoms with E-state index in [0.29, 0.717) is 5.56 Å². The van der Waals surface area contributed by atoms with E-state index in [4.69, 9.17) is 0 Å². The summed E-state index contributed by atoms with van der Waals surface area (Å²) in [5, 5.41) is 0. The Labute approximate surface area is 154 Å². The fourth-order valence-corrected chi connectivity index (χ4v) is 4.89. The van der Waals surface area contributed by atoms with Crippen LogP contribution in [0, 0.1) is 0 Å². The van der Waals surface area contributed by atoms with Gasteiger partial charge >= 0.3 is 0 Å². The minimum atomic E-state index is -3.96. The molecule has 10 heteroatoms. The topological polar surface area (TPSA) is 114 Å². The molecule has 0 aromatic heterocycles. The normalized spacial score (nSPS) is 14.1. The van der Waals surface area contributed by atoms with Gasteiger partial charge in [-0.05, 0) is 42.8 Å². The minimum absolute atomic E-state index is 0.0921. The number of hydrogen-bond donors (Lipinski definition) is 1. The summed E-state index contributed by atoms with van der Waals surface area (Å²) in [6, 6.07) is 10.3. The van der Waals surface area contributed by atoms with Gasteiger partial charge < -0.3 is 0 Å². The van der Waals surface area contributed by atoms with Gasteiger partial charge in [0.2, 0.25) is 10.0 Å². The molecule has 0 aliphatic carbocycles. The number of sulfone groups is 2. The average molecular weight is 418 g/mol. The molecule has 2 aromatic carbocycles. The quantitative estimate of drug-likeness (QED) is 0.762. The summed E-state index contributed by atoms with van der Waals surface area (Å²) in [7, 11) is -10.8. The van der Waals surface area contributed by atoms with E-state index in [0.717, 1.165) is 18.6 Å². The molecule has 0 aliphatic heterocycles. The second-order valence-corrected chi connectivity index (χ2v) is 11.7. The average Bonchev–Trinajstić information content (AvgIpc) is 2.53. The maximum atomic E-state index is 12.5. The first-order valence-corrected chi connectivity index (χ1v) is 12.7. The van der Waals surface area contributed by atoms with Crippen molar-refractivity contribution in [1.82, 2.24) is 4.72 Å². The van der Waals surface area contributed by atoms with Gasteiger partial charge in [0, 0.05) is 18.6 Å². The molecule has 26 heavy (non-hydrogen) atoms. The molecular weight excluding hydrogens is 398 g/mol. The number of sulfonamides is 1. The van der Waals surface area contributed by atoms with Crippen LogP contribution in [0.15, 0.2) is 63.2 Å². The maximum absolute atomic E-state index is 12.5. The predicted octanol–water partition coefficient (Wildman–Crippen LogP) is 1.53. The van der Waals surface area contributed by atoms with Gasteiger partial charge in [0.05, 0.1) is 14.7 Å². The van der Waals surface area contributed by atoms with Gasteiger partial charge in [0.15, 0.2) is 19.7 Å². The molecule has 7 nitrogen and oxygen atoms in total. The van der Waals surface area contributed by atoms with Gasteiger partial charge in [-0.3, -0.25) is 0 Å². The Kier molecular flexibility index (Phi) is 5.62. The van der Waals surface area contributed by atoms with Crippen molar-refractivity contribution in [2.45, 2.75) is 27.7 Å². The maximum Gasteiger partial charge on any atom is 0.241 e. The van der Waals surface area contributed by atoms with Gasteiger partial charge in [0.1, 0.15) is 0 Å². The number of benzene rings is 2. The molecule has 0 bridgehead atoms. The molecule has 0 fully saturated rings. The standard InChI is InChI=1S/C16H19NO6S3/c1-12(13-7-9-14(10-8-13)24(2,18)19)17-26(22,23)16-6-4-5-15(11-16)25(3,20)21/h4-12,17H,1-3H3/t12-/m0/s1. The van der Waals surface area contributed by atoms with Crippen LogP contribution in [0.25, 0.3) is 0 Å². The van der Waals surface area contributed by atoms with Crippen molar-refractivity contribution < 1.29 is 25.3 Å². The van der Waals surface area contributed by atoms with Gasteiger partial charge in [-0.15, -0.1) is 0 Å². The highest BCUT2D eigenvalue weighted by Crippen LogP contribution is 2.21. The summed E-state index contributed by atoms with van der Waals surface area (Å²) < 4.78 is 73.7. The summed E-state index contributed by atoms with van der Waals surface area (Å²) in [5.74, 6) is 0. The van der Waals surface area contributed by atoms with E-state index in [1.807, 2.05) is 0 Å². The molecule has 2 aromatic rings. The Morgan fingerprint density at radius 3 is 1.73 bits per heavy atom. The lowest BCUT2D eigenvalue weighted by molar-refractivity contribution is 0.566. The summed E-state index contributed by atoms with van der Waals surface area (Å²) >= 11 is 0. The summed E-state index contributed by atoms with van der Waals surface area (Å²) in [6.45, 7) is 1.60. The van der Waals surface area contributed by atoms with Crippen molar-refractivity contribution in [3.05, 3.63) is 54.1 Å². The lowest BCUT2D eigenvalue weighted by Crippen LogP contribution is -2.27. The molecule has 0 aliphatic rings. The Hall–Kier alpha value is -1.75. The van der Waals surface area contributed by atoms with E-state index >= 15 is 0 Å². The lowest BCUT2D eigenvalue weighted by atomic mass is 10.1. The molecule has 0 unspecified atom stereocenters. The highest BCUT2D eigenvalue weighted by Gasteiger charge is 2.20. The largest absolute Gasteiger partial charge is 0.241 e. The summed E-state index contributed by atoms with van der Waals surface area (Å²) in [5.41, 5.74) is 0.570. The van der Waals surface area contributed by atoms with E-state index in [1.165, 1.54) is 42.5 Å². The van der Waals surface area contributed by atoms with E-state index < -0.39 is 35.7 Å². The fraction of sp³-hybridized carbons (Fsp3) is 0.250. The van der Waals surface area contributed by atoms with Crippen molar-refractivity contribution in [2.24, 2.45) is 0 Å². The third-order valence-corrected chi connectivity index (χ3v) is 7.46. The van der Waals surface area contributed by atoms with Crippen molar-refractivity contribution in [3.63, 3.8) is 0 Å².